The Morgan fingerprint density at radius 2 is 1.82 bits per heavy atom. The molecule has 0 bridgehead atoms. The first-order valence-electron chi connectivity index (χ1n) is 6.97. The van der Waals surface area contributed by atoms with Crippen LogP contribution in [0.15, 0.2) is 23.1 Å². The molecule has 22 heavy (non-hydrogen) atoms. The van der Waals surface area contributed by atoms with Crippen LogP contribution in [-0.4, -0.2) is 53.1 Å². The maximum absolute atomic E-state index is 12.2. The van der Waals surface area contributed by atoms with E-state index in [1.807, 2.05) is 0 Å². The molecule has 0 aliphatic carbocycles. The van der Waals surface area contributed by atoms with E-state index in [1.54, 1.807) is 4.90 Å². The van der Waals surface area contributed by atoms with Crippen LogP contribution in [0.5, 0.6) is 11.5 Å². The van der Waals surface area contributed by atoms with Crippen molar-refractivity contribution < 1.29 is 22.7 Å². The molecule has 1 aliphatic heterocycles. The van der Waals surface area contributed by atoms with E-state index in [4.69, 9.17) is 9.47 Å². The summed E-state index contributed by atoms with van der Waals surface area (Å²) in [5.41, 5.74) is 0. The first kappa shape index (κ1) is 16.6. The predicted molar refractivity (Wildman–Crippen MR) is 80.5 cm³/mol. The highest BCUT2D eigenvalue weighted by Gasteiger charge is 2.22. The number of hydrogen-bond acceptors (Lipinski definition) is 5. The average Bonchev–Trinajstić information content (AvgIpc) is 3.06. The van der Waals surface area contributed by atoms with Crippen LogP contribution >= 0.6 is 0 Å². The maximum atomic E-state index is 12.2. The van der Waals surface area contributed by atoms with Gasteiger partial charge in [0.25, 0.3) is 0 Å². The highest BCUT2D eigenvalue weighted by atomic mass is 32.2. The van der Waals surface area contributed by atoms with E-state index in [2.05, 4.69) is 4.72 Å². The summed E-state index contributed by atoms with van der Waals surface area (Å²) in [5, 5.41) is 0. The smallest absolute Gasteiger partial charge is 0.241 e. The predicted octanol–water partition coefficient (Wildman–Crippen LogP) is 0.604. The second-order valence-electron chi connectivity index (χ2n) is 4.93. The van der Waals surface area contributed by atoms with Gasteiger partial charge in [-0.1, -0.05) is 0 Å². The summed E-state index contributed by atoms with van der Waals surface area (Å²) in [6, 6.07) is 4.28. The maximum Gasteiger partial charge on any atom is 0.241 e. The molecule has 1 fully saturated rings. The largest absolute Gasteiger partial charge is 0.493 e. The number of amides is 1. The fourth-order valence-corrected chi connectivity index (χ4v) is 3.29. The van der Waals surface area contributed by atoms with Crippen molar-refractivity contribution in [1.29, 1.82) is 0 Å². The van der Waals surface area contributed by atoms with Gasteiger partial charge in [0, 0.05) is 19.2 Å². The van der Waals surface area contributed by atoms with Gasteiger partial charge in [-0.05, 0) is 25.0 Å². The Hall–Kier alpha value is -1.80. The Kier molecular flexibility index (Phi) is 5.25. The van der Waals surface area contributed by atoms with Crippen LogP contribution in [0.4, 0.5) is 0 Å². The number of methoxy groups -OCH3 is 2. The summed E-state index contributed by atoms with van der Waals surface area (Å²) >= 11 is 0. The molecule has 8 heteroatoms. The monoisotopic (exact) mass is 328 g/mol. The Balaban J connectivity index is 2.08. The highest BCUT2D eigenvalue weighted by molar-refractivity contribution is 7.89. The van der Waals surface area contributed by atoms with Gasteiger partial charge in [-0.25, -0.2) is 13.1 Å². The summed E-state index contributed by atoms with van der Waals surface area (Å²) < 4.78 is 37.0. The van der Waals surface area contributed by atoms with Gasteiger partial charge in [-0.15, -0.1) is 0 Å². The van der Waals surface area contributed by atoms with E-state index in [-0.39, 0.29) is 17.3 Å². The number of ether oxygens (including phenoxy) is 2. The number of carbonyl (C=O) groups is 1. The van der Waals surface area contributed by atoms with E-state index >= 15 is 0 Å². The molecule has 0 spiro atoms. The molecule has 1 aliphatic rings. The number of sulfonamides is 1. The molecule has 0 unspecified atom stereocenters. The molecule has 0 aromatic heterocycles. The van der Waals surface area contributed by atoms with Crippen molar-refractivity contribution in [2.24, 2.45) is 0 Å². The number of likely N-dealkylation sites (tertiary alicyclic amines) is 1. The molecule has 2 rings (SSSR count). The topological polar surface area (TPSA) is 84.9 Å². The van der Waals surface area contributed by atoms with Crippen molar-refractivity contribution in [3.63, 3.8) is 0 Å². The fraction of sp³-hybridized carbons (Fsp3) is 0.500. The molecule has 0 atom stereocenters. The molecule has 1 aromatic carbocycles. The van der Waals surface area contributed by atoms with E-state index in [9.17, 15) is 13.2 Å². The van der Waals surface area contributed by atoms with Gasteiger partial charge in [0.15, 0.2) is 11.5 Å². The van der Waals surface area contributed by atoms with Crippen LogP contribution < -0.4 is 14.2 Å². The van der Waals surface area contributed by atoms with Crippen molar-refractivity contribution in [3.05, 3.63) is 18.2 Å². The second-order valence-corrected chi connectivity index (χ2v) is 6.70. The minimum absolute atomic E-state index is 0.0272. The number of nitrogens with zero attached hydrogens (tertiary/aromatic N) is 1. The van der Waals surface area contributed by atoms with Crippen molar-refractivity contribution in [2.75, 3.05) is 33.9 Å². The first-order chi connectivity index (χ1) is 10.5. The SMILES string of the molecule is COc1ccc(S(=O)(=O)NCC(=O)N2CCCC2)cc1OC. The minimum Gasteiger partial charge on any atom is -0.493 e. The number of carbonyl (C=O) groups excluding carboxylic acids is 1. The van der Waals surface area contributed by atoms with Gasteiger partial charge in [0.05, 0.1) is 25.7 Å². The Labute approximate surface area is 130 Å². The molecule has 1 amide bonds. The Morgan fingerprint density at radius 3 is 2.41 bits per heavy atom. The van der Waals surface area contributed by atoms with E-state index in [0.29, 0.717) is 24.6 Å². The minimum atomic E-state index is -3.78. The van der Waals surface area contributed by atoms with Crippen LogP contribution in [0.1, 0.15) is 12.8 Å². The molecule has 1 N–H and O–H groups in total. The van der Waals surface area contributed by atoms with Crippen LogP contribution in [0.25, 0.3) is 0 Å². The lowest BCUT2D eigenvalue weighted by Gasteiger charge is -2.16. The third-order valence-electron chi connectivity index (χ3n) is 3.54. The molecule has 0 radical (unpaired) electrons. The highest BCUT2D eigenvalue weighted by Crippen LogP contribution is 2.29. The average molecular weight is 328 g/mol. The zero-order chi connectivity index (χ0) is 16.2. The van der Waals surface area contributed by atoms with Gasteiger partial charge in [0.1, 0.15) is 0 Å². The quantitative estimate of drug-likeness (QED) is 0.827. The van der Waals surface area contributed by atoms with Gasteiger partial charge in [-0.2, -0.15) is 0 Å². The zero-order valence-corrected chi connectivity index (χ0v) is 13.5. The summed E-state index contributed by atoms with van der Waals surface area (Å²) in [6.45, 7) is 1.14. The third-order valence-corrected chi connectivity index (χ3v) is 4.94. The molecule has 1 heterocycles. The molecule has 1 saturated heterocycles. The number of nitrogens with one attached hydrogen (secondary N) is 1. The summed E-state index contributed by atoms with van der Waals surface area (Å²) in [7, 11) is -0.875. The molecular formula is C14H20N2O5S. The van der Waals surface area contributed by atoms with Crippen molar-refractivity contribution >= 4 is 15.9 Å². The Morgan fingerprint density at radius 1 is 1.18 bits per heavy atom. The summed E-state index contributed by atoms with van der Waals surface area (Å²) in [4.78, 5) is 13.6. The summed E-state index contributed by atoms with van der Waals surface area (Å²) in [6.07, 6.45) is 1.93. The summed E-state index contributed by atoms with van der Waals surface area (Å²) in [5.74, 6) is 0.549. The first-order valence-corrected chi connectivity index (χ1v) is 8.45. The fourth-order valence-electron chi connectivity index (χ4n) is 2.30. The van der Waals surface area contributed by atoms with Gasteiger partial charge >= 0.3 is 0 Å². The normalized spacial score (nSPS) is 14.9. The van der Waals surface area contributed by atoms with Crippen molar-refractivity contribution in [1.82, 2.24) is 9.62 Å². The molecule has 122 valence electrons. The molecule has 7 nitrogen and oxygen atoms in total. The lowest BCUT2D eigenvalue weighted by Crippen LogP contribution is -2.38. The number of rotatable bonds is 6. The number of hydrogen-bond donors (Lipinski definition) is 1. The van der Waals surface area contributed by atoms with Crippen molar-refractivity contribution in [2.45, 2.75) is 17.7 Å². The van der Waals surface area contributed by atoms with Crippen LogP contribution in [0.2, 0.25) is 0 Å². The van der Waals surface area contributed by atoms with Crippen LogP contribution in [0, 0.1) is 0 Å². The Bertz CT molecular complexity index is 639. The molecule has 0 saturated carbocycles. The zero-order valence-electron chi connectivity index (χ0n) is 12.7. The van der Waals surface area contributed by atoms with Gasteiger partial charge < -0.3 is 14.4 Å². The van der Waals surface area contributed by atoms with Gasteiger partial charge in [-0.3, -0.25) is 4.79 Å². The van der Waals surface area contributed by atoms with Crippen LogP contribution in [0.3, 0.4) is 0 Å². The standard InChI is InChI=1S/C14H20N2O5S/c1-20-12-6-5-11(9-13(12)21-2)22(18,19)15-10-14(17)16-7-3-4-8-16/h5-6,9,15H,3-4,7-8,10H2,1-2H3. The molecule has 1 aromatic rings. The van der Waals surface area contributed by atoms with Crippen LogP contribution in [-0.2, 0) is 14.8 Å². The van der Waals surface area contributed by atoms with Gasteiger partial charge in [0.2, 0.25) is 15.9 Å². The molecular weight excluding hydrogens is 308 g/mol. The van der Waals surface area contributed by atoms with E-state index in [0.717, 1.165) is 12.8 Å². The van der Waals surface area contributed by atoms with Crippen molar-refractivity contribution in [3.8, 4) is 11.5 Å². The van der Waals surface area contributed by atoms with E-state index in [1.165, 1.54) is 32.4 Å². The lowest BCUT2D eigenvalue weighted by atomic mass is 10.3. The number of benzene rings is 1. The second kappa shape index (κ2) is 6.97. The third kappa shape index (κ3) is 3.69. The van der Waals surface area contributed by atoms with E-state index < -0.39 is 10.0 Å². The lowest BCUT2D eigenvalue weighted by molar-refractivity contribution is -0.128.